The van der Waals surface area contributed by atoms with E-state index >= 15 is 0 Å². The summed E-state index contributed by atoms with van der Waals surface area (Å²) in [6.45, 7) is 3.63. The SMILES string of the molecule is Brc1cnc(Nc2ccc3c(cnn3Cc3ccccn3)c2)nc1NCc1ccccn1.Cc1[nH]c2ccc(Nc3ncc(Br)c(NCc4ccccn4)n3)cc2c1C#N. The van der Waals surface area contributed by atoms with Crippen molar-refractivity contribution >= 4 is 88.6 Å². The molecule has 0 aliphatic heterocycles. The Bertz CT molecular complexity index is 2920. The quantitative estimate of drug-likeness (QED) is 0.0778. The number of aryl methyl sites for hydroxylation is 1. The fourth-order valence-corrected chi connectivity index (χ4v) is 6.86. The summed E-state index contributed by atoms with van der Waals surface area (Å²) in [6.07, 6.45) is 10.6. The molecule has 296 valence electrons. The lowest BCUT2D eigenvalue weighted by Crippen LogP contribution is -2.06. The van der Waals surface area contributed by atoms with Crippen molar-refractivity contribution in [3.8, 4) is 6.07 Å². The van der Waals surface area contributed by atoms with Crippen molar-refractivity contribution in [1.29, 1.82) is 5.26 Å². The van der Waals surface area contributed by atoms with E-state index in [9.17, 15) is 5.26 Å². The van der Waals surface area contributed by atoms with E-state index in [0.29, 0.717) is 48.7 Å². The molecule has 0 spiro atoms. The molecule has 60 heavy (non-hydrogen) atoms. The number of benzene rings is 2. The van der Waals surface area contributed by atoms with Gasteiger partial charge in [-0.2, -0.15) is 20.3 Å². The van der Waals surface area contributed by atoms with Crippen molar-refractivity contribution < 1.29 is 0 Å². The summed E-state index contributed by atoms with van der Waals surface area (Å²) in [6, 6.07) is 31.6. The minimum Gasteiger partial charge on any atom is -0.363 e. The van der Waals surface area contributed by atoms with E-state index in [1.165, 1.54) is 0 Å². The standard InChI is InChI=1S/C23H19BrN8.C20H16BrN7/c24-20-14-28-23(31-22(20)27-13-18-5-1-3-9-25-18)30-17-7-8-21-16(11-17)12-29-32(21)15-19-6-2-4-10-26-19;1-12-16(9-22)15-8-13(5-6-18(15)26-12)27-20-25-11-17(21)19(28-20)24-10-14-4-2-3-7-23-14/h1-12,14H,13,15H2,(H2,27,28,30,31);2-8,11,26H,10H2,1H3,(H2,24,25,27,28). The number of hydrogen-bond donors (Lipinski definition) is 5. The van der Waals surface area contributed by atoms with Crippen LogP contribution in [-0.4, -0.2) is 49.7 Å². The number of fused-ring (bicyclic) bond motifs is 2. The summed E-state index contributed by atoms with van der Waals surface area (Å²) in [7, 11) is 0. The van der Waals surface area contributed by atoms with Gasteiger partial charge in [-0.25, -0.2) is 9.97 Å². The first-order valence-electron chi connectivity index (χ1n) is 18.6. The van der Waals surface area contributed by atoms with Gasteiger partial charge in [0.05, 0.1) is 62.9 Å². The number of H-pyrrole nitrogens is 1. The highest BCUT2D eigenvalue weighted by Gasteiger charge is 2.12. The molecule has 0 saturated heterocycles. The van der Waals surface area contributed by atoms with Gasteiger partial charge in [0.1, 0.15) is 17.7 Å². The fraction of sp³-hybridized carbons (Fsp3) is 0.0930. The summed E-state index contributed by atoms with van der Waals surface area (Å²) in [4.78, 5) is 34.0. The number of pyridine rings is 3. The summed E-state index contributed by atoms with van der Waals surface area (Å²) >= 11 is 6.97. The number of aromatic amines is 1. The number of rotatable bonds is 12. The molecule has 0 bridgehead atoms. The molecule has 9 rings (SSSR count). The second kappa shape index (κ2) is 18.5. The molecule has 0 radical (unpaired) electrons. The molecule has 5 N–H and O–H groups in total. The number of anilines is 6. The monoisotopic (exact) mass is 919 g/mol. The average molecular weight is 922 g/mol. The third kappa shape index (κ3) is 9.69. The van der Waals surface area contributed by atoms with Crippen LogP contribution in [0.1, 0.15) is 28.3 Å². The second-order valence-corrected chi connectivity index (χ2v) is 15.0. The number of hydrogen-bond acceptors (Lipinski definition) is 13. The Morgan fingerprint density at radius 1 is 0.667 bits per heavy atom. The van der Waals surface area contributed by atoms with Gasteiger partial charge in [0.15, 0.2) is 0 Å². The van der Waals surface area contributed by atoms with Gasteiger partial charge in [0.2, 0.25) is 11.9 Å². The Balaban J connectivity index is 0.000000168. The minimum absolute atomic E-state index is 0.455. The molecule has 7 heterocycles. The molecule has 0 aliphatic carbocycles. The van der Waals surface area contributed by atoms with Gasteiger partial charge in [-0.3, -0.25) is 19.6 Å². The first-order chi connectivity index (χ1) is 29.4. The Hall–Kier alpha value is -7.29. The Labute approximate surface area is 361 Å². The topological polar surface area (TPSA) is 196 Å². The van der Waals surface area contributed by atoms with E-state index in [-0.39, 0.29) is 0 Å². The van der Waals surface area contributed by atoms with Crippen LogP contribution in [0.2, 0.25) is 0 Å². The van der Waals surface area contributed by atoms with Gasteiger partial charge in [-0.15, -0.1) is 0 Å². The minimum atomic E-state index is 0.455. The van der Waals surface area contributed by atoms with Gasteiger partial charge in [-0.05, 0) is 112 Å². The van der Waals surface area contributed by atoms with Crippen LogP contribution in [0, 0.1) is 18.3 Å². The summed E-state index contributed by atoms with van der Waals surface area (Å²) in [5.74, 6) is 2.31. The van der Waals surface area contributed by atoms with Crippen LogP contribution in [0.4, 0.5) is 34.9 Å². The van der Waals surface area contributed by atoms with Gasteiger partial charge in [-0.1, -0.05) is 18.2 Å². The van der Waals surface area contributed by atoms with Gasteiger partial charge in [0, 0.05) is 64.3 Å². The molecule has 0 fully saturated rings. The van der Waals surface area contributed by atoms with Crippen LogP contribution < -0.4 is 21.3 Å². The second-order valence-electron chi connectivity index (χ2n) is 13.3. The maximum atomic E-state index is 9.37. The predicted molar refractivity (Wildman–Crippen MR) is 240 cm³/mol. The number of nitrogens with one attached hydrogen (secondary N) is 5. The lowest BCUT2D eigenvalue weighted by molar-refractivity contribution is 0.696. The molecule has 15 nitrogen and oxygen atoms in total. The van der Waals surface area contributed by atoms with Gasteiger partial charge < -0.3 is 26.3 Å². The van der Waals surface area contributed by atoms with Crippen molar-refractivity contribution in [1.82, 2.24) is 49.7 Å². The van der Waals surface area contributed by atoms with Gasteiger partial charge in [0.25, 0.3) is 0 Å². The van der Waals surface area contributed by atoms with E-state index in [4.69, 9.17) is 0 Å². The fourth-order valence-electron chi connectivity index (χ4n) is 6.20. The Morgan fingerprint density at radius 2 is 1.23 bits per heavy atom. The third-order valence-corrected chi connectivity index (χ3v) is 10.3. The van der Waals surface area contributed by atoms with E-state index in [1.54, 1.807) is 31.0 Å². The molecule has 7 aromatic heterocycles. The Morgan fingerprint density at radius 3 is 1.80 bits per heavy atom. The highest BCUT2D eigenvalue weighted by atomic mass is 79.9. The number of nitriles is 1. The summed E-state index contributed by atoms with van der Waals surface area (Å²) < 4.78 is 3.49. The largest absolute Gasteiger partial charge is 0.363 e. The molecule has 0 atom stereocenters. The highest BCUT2D eigenvalue weighted by molar-refractivity contribution is 9.11. The smallest absolute Gasteiger partial charge is 0.229 e. The third-order valence-electron chi connectivity index (χ3n) is 9.10. The van der Waals surface area contributed by atoms with E-state index in [2.05, 4.69) is 104 Å². The summed E-state index contributed by atoms with van der Waals surface area (Å²) in [5, 5.41) is 28.8. The van der Waals surface area contributed by atoms with E-state index in [1.807, 2.05) is 109 Å². The van der Waals surface area contributed by atoms with Crippen LogP contribution >= 0.6 is 31.9 Å². The van der Waals surface area contributed by atoms with Gasteiger partial charge >= 0.3 is 0 Å². The molecular weight excluding hydrogens is 886 g/mol. The maximum absolute atomic E-state index is 9.37. The highest BCUT2D eigenvalue weighted by Crippen LogP contribution is 2.28. The molecule has 0 amide bonds. The van der Waals surface area contributed by atoms with Crippen molar-refractivity contribution in [2.24, 2.45) is 0 Å². The molecular formula is C43H35Br2N15. The number of aromatic nitrogens is 10. The first-order valence-corrected chi connectivity index (χ1v) is 20.2. The predicted octanol–water partition coefficient (Wildman–Crippen LogP) is 9.43. The molecule has 2 aromatic carbocycles. The number of nitrogens with zero attached hydrogens (tertiary/aromatic N) is 10. The van der Waals surface area contributed by atoms with Crippen LogP contribution in [0.25, 0.3) is 21.8 Å². The molecule has 0 aliphatic rings. The zero-order valence-corrected chi connectivity index (χ0v) is 35.1. The zero-order valence-electron chi connectivity index (χ0n) is 32.0. The lowest BCUT2D eigenvalue weighted by atomic mass is 10.1. The Kier molecular flexibility index (Phi) is 12.2. The van der Waals surface area contributed by atoms with Crippen molar-refractivity contribution in [3.63, 3.8) is 0 Å². The average Bonchev–Trinajstić information content (AvgIpc) is 3.83. The van der Waals surface area contributed by atoms with E-state index in [0.717, 1.165) is 64.9 Å². The van der Waals surface area contributed by atoms with E-state index < -0.39 is 0 Å². The van der Waals surface area contributed by atoms with Crippen molar-refractivity contribution in [3.05, 3.63) is 165 Å². The lowest BCUT2D eigenvalue weighted by Gasteiger charge is -2.10. The van der Waals surface area contributed by atoms with Crippen LogP contribution in [0.3, 0.4) is 0 Å². The first kappa shape index (κ1) is 39.5. The van der Waals surface area contributed by atoms with Crippen molar-refractivity contribution in [2.45, 2.75) is 26.6 Å². The molecule has 0 unspecified atom stereocenters. The molecule has 17 heteroatoms. The maximum Gasteiger partial charge on any atom is 0.229 e. The molecule has 9 aromatic rings. The summed E-state index contributed by atoms with van der Waals surface area (Å²) in [5.41, 5.74) is 7.97. The molecule has 0 saturated carbocycles. The van der Waals surface area contributed by atoms with Crippen LogP contribution in [-0.2, 0) is 19.6 Å². The van der Waals surface area contributed by atoms with Crippen LogP contribution in [0.5, 0.6) is 0 Å². The number of halogens is 2. The normalized spacial score (nSPS) is 10.8. The zero-order chi connectivity index (χ0) is 41.3. The van der Waals surface area contributed by atoms with Crippen LogP contribution in [0.15, 0.2) is 137 Å². The van der Waals surface area contributed by atoms with Crippen molar-refractivity contribution in [2.75, 3.05) is 21.3 Å².